The minimum absolute atomic E-state index is 0.0679. The van der Waals surface area contributed by atoms with Crippen molar-refractivity contribution in [1.82, 2.24) is 0 Å². The van der Waals surface area contributed by atoms with Crippen molar-refractivity contribution in [3.63, 3.8) is 0 Å². The van der Waals surface area contributed by atoms with Crippen molar-refractivity contribution in [2.45, 2.75) is 6.92 Å². The molecule has 0 aromatic heterocycles. The van der Waals surface area contributed by atoms with Gasteiger partial charge in [-0.05, 0) is 18.6 Å². The van der Waals surface area contributed by atoms with E-state index in [1.54, 1.807) is 0 Å². The summed E-state index contributed by atoms with van der Waals surface area (Å²) in [4.78, 5) is 0. The lowest BCUT2D eigenvalue weighted by atomic mass is 9.76. The topological polar surface area (TPSA) is 20.2 Å². The van der Waals surface area contributed by atoms with Crippen molar-refractivity contribution >= 4 is 0 Å². The molecule has 0 saturated heterocycles. The zero-order valence-electron chi connectivity index (χ0n) is 7.62. The third-order valence-corrected chi connectivity index (χ3v) is 2.48. The van der Waals surface area contributed by atoms with E-state index in [0.717, 1.165) is 11.1 Å². The molecule has 2 rings (SSSR count). The number of rotatable bonds is 1. The van der Waals surface area contributed by atoms with Crippen LogP contribution in [0.15, 0.2) is 53.3 Å². The maximum atomic E-state index is 9.00. The average molecular weight is 172 g/mol. The number of aliphatic hydroxyl groups is 1. The second-order valence-electron chi connectivity index (χ2n) is 3.58. The van der Waals surface area contributed by atoms with E-state index >= 15 is 0 Å². The van der Waals surface area contributed by atoms with E-state index in [1.165, 1.54) is 0 Å². The van der Waals surface area contributed by atoms with Crippen LogP contribution in [0.4, 0.5) is 0 Å². The number of hydrogen-bond acceptors (Lipinski definition) is 1. The van der Waals surface area contributed by atoms with Crippen molar-refractivity contribution < 1.29 is 5.11 Å². The van der Waals surface area contributed by atoms with Crippen LogP contribution < -0.4 is 0 Å². The van der Waals surface area contributed by atoms with Gasteiger partial charge in [0.05, 0.1) is 6.61 Å². The van der Waals surface area contributed by atoms with Crippen molar-refractivity contribution in [1.29, 1.82) is 0 Å². The van der Waals surface area contributed by atoms with Crippen LogP contribution >= 0.6 is 0 Å². The molecule has 0 aliphatic heterocycles. The van der Waals surface area contributed by atoms with Crippen LogP contribution in [0.1, 0.15) is 6.92 Å². The van der Waals surface area contributed by atoms with Gasteiger partial charge in [-0.1, -0.05) is 30.4 Å². The van der Waals surface area contributed by atoms with E-state index in [9.17, 15) is 0 Å². The Morgan fingerprint density at radius 3 is 3.08 bits per heavy atom. The summed E-state index contributed by atoms with van der Waals surface area (Å²) in [5.74, 6) is 0. The van der Waals surface area contributed by atoms with Crippen LogP contribution in [0.5, 0.6) is 0 Å². The Labute approximate surface area is 78.1 Å². The molecule has 66 valence electrons. The monoisotopic (exact) mass is 172 g/mol. The molecule has 1 N–H and O–H groups in total. The zero-order valence-corrected chi connectivity index (χ0v) is 7.62. The number of hydrogen-bond donors (Lipinski definition) is 1. The SMILES string of the molecule is CC12C=CC=CC1=C=CC(CO)=C2. The van der Waals surface area contributed by atoms with Crippen LogP contribution in [0.3, 0.4) is 0 Å². The third-order valence-electron chi connectivity index (χ3n) is 2.48. The van der Waals surface area contributed by atoms with Gasteiger partial charge >= 0.3 is 0 Å². The van der Waals surface area contributed by atoms with E-state index in [2.05, 4.69) is 30.9 Å². The van der Waals surface area contributed by atoms with Gasteiger partial charge in [0, 0.05) is 11.0 Å². The van der Waals surface area contributed by atoms with E-state index in [1.807, 2.05) is 18.2 Å². The van der Waals surface area contributed by atoms with Gasteiger partial charge in [-0.3, -0.25) is 0 Å². The summed E-state index contributed by atoms with van der Waals surface area (Å²) in [5.41, 5.74) is 5.22. The molecule has 0 amide bonds. The number of fused-ring (bicyclic) bond motifs is 1. The molecular formula is C12H12O. The fourth-order valence-electron chi connectivity index (χ4n) is 1.69. The standard InChI is InChI=1S/C12H12O/c1-12-7-3-2-4-11(12)6-5-10(8-12)9-13/h2-5,7-8,13H,9H2,1H3. The van der Waals surface area contributed by atoms with Gasteiger partial charge in [0.2, 0.25) is 0 Å². The van der Waals surface area contributed by atoms with Crippen molar-refractivity contribution in [3.8, 4) is 0 Å². The number of allylic oxidation sites excluding steroid dienone is 5. The van der Waals surface area contributed by atoms with Gasteiger partial charge < -0.3 is 5.11 Å². The Morgan fingerprint density at radius 2 is 2.31 bits per heavy atom. The van der Waals surface area contributed by atoms with Gasteiger partial charge in [-0.15, -0.1) is 5.73 Å². The highest BCUT2D eigenvalue weighted by Gasteiger charge is 2.25. The molecule has 1 atom stereocenters. The summed E-state index contributed by atoms with van der Waals surface area (Å²) in [6.07, 6.45) is 12.1. The van der Waals surface area contributed by atoms with Crippen LogP contribution in [-0.4, -0.2) is 11.7 Å². The quantitative estimate of drug-likeness (QED) is 0.601. The smallest absolute Gasteiger partial charge is 0.0685 e. The highest BCUT2D eigenvalue weighted by molar-refractivity contribution is 5.47. The molecule has 0 fully saturated rings. The van der Waals surface area contributed by atoms with Crippen LogP contribution in [-0.2, 0) is 0 Å². The summed E-state index contributed by atoms with van der Waals surface area (Å²) in [6.45, 7) is 2.21. The van der Waals surface area contributed by atoms with E-state index < -0.39 is 0 Å². The Bertz CT molecular complexity index is 376. The first-order valence-electron chi connectivity index (χ1n) is 4.40. The molecule has 0 heterocycles. The van der Waals surface area contributed by atoms with Gasteiger partial charge in [-0.2, -0.15) is 0 Å². The molecule has 0 aromatic rings. The fraction of sp³-hybridized carbons (Fsp3) is 0.250. The molecule has 0 spiro atoms. The molecule has 0 saturated carbocycles. The summed E-state index contributed by atoms with van der Waals surface area (Å²) in [6, 6.07) is 0. The second kappa shape index (κ2) is 2.88. The summed E-state index contributed by atoms with van der Waals surface area (Å²) < 4.78 is 0. The normalized spacial score (nSPS) is 29.7. The first-order chi connectivity index (χ1) is 6.24. The van der Waals surface area contributed by atoms with Gasteiger partial charge in [0.15, 0.2) is 0 Å². The molecule has 13 heavy (non-hydrogen) atoms. The Kier molecular flexibility index (Phi) is 1.84. The Hall–Kier alpha value is -1.30. The molecule has 0 aromatic carbocycles. The Balaban J connectivity index is 2.52. The lowest BCUT2D eigenvalue weighted by Crippen LogP contribution is -2.16. The van der Waals surface area contributed by atoms with E-state index in [0.29, 0.717) is 0 Å². The third kappa shape index (κ3) is 1.33. The van der Waals surface area contributed by atoms with Crippen molar-refractivity contribution in [2.24, 2.45) is 5.41 Å². The molecule has 1 heteroatoms. The molecular weight excluding hydrogens is 160 g/mol. The van der Waals surface area contributed by atoms with E-state index in [-0.39, 0.29) is 12.0 Å². The molecule has 2 aliphatic rings. The molecule has 1 unspecified atom stereocenters. The average Bonchev–Trinajstić information content (AvgIpc) is 2.16. The first kappa shape index (κ1) is 8.31. The lowest BCUT2D eigenvalue weighted by molar-refractivity contribution is 0.333. The van der Waals surface area contributed by atoms with Crippen LogP contribution in [0.2, 0.25) is 0 Å². The minimum Gasteiger partial charge on any atom is -0.392 e. The highest BCUT2D eigenvalue weighted by Crippen LogP contribution is 2.36. The van der Waals surface area contributed by atoms with Gasteiger partial charge in [0.1, 0.15) is 0 Å². The van der Waals surface area contributed by atoms with Crippen molar-refractivity contribution in [2.75, 3.05) is 6.61 Å². The largest absolute Gasteiger partial charge is 0.392 e. The molecule has 0 bridgehead atoms. The summed E-state index contributed by atoms with van der Waals surface area (Å²) in [7, 11) is 0. The molecule has 1 nitrogen and oxygen atoms in total. The van der Waals surface area contributed by atoms with Crippen LogP contribution in [0.25, 0.3) is 0 Å². The fourth-order valence-corrected chi connectivity index (χ4v) is 1.69. The Morgan fingerprint density at radius 1 is 1.46 bits per heavy atom. The predicted molar refractivity (Wildman–Crippen MR) is 53.2 cm³/mol. The zero-order chi connectivity index (χ0) is 9.31. The molecule has 2 aliphatic carbocycles. The number of aliphatic hydroxyl groups excluding tert-OH is 1. The van der Waals surface area contributed by atoms with E-state index in [4.69, 9.17) is 5.11 Å². The second-order valence-corrected chi connectivity index (χ2v) is 3.58. The maximum absolute atomic E-state index is 9.00. The van der Waals surface area contributed by atoms with Gasteiger partial charge in [-0.25, -0.2) is 0 Å². The minimum atomic E-state index is -0.0679. The summed E-state index contributed by atoms with van der Waals surface area (Å²) in [5, 5.41) is 9.00. The molecule has 0 radical (unpaired) electrons. The van der Waals surface area contributed by atoms with Crippen LogP contribution in [0, 0.1) is 5.41 Å². The first-order valence-corrected chi connectivity index (χ1v) is 4.40. The summed E-state index contributed by atoms with van der Waals surface area (Å²) >= 11 is 0. The van der Waals surface area contributed by atoms with Crippen molar-refractivity contribution in [3.05, 3.63) is 53.3 Å². The highest BCUT2D eigenvalue weighted by atomic mass is 16.3. The van der Waals surface area contributed by atoms with Gasteiger partial charge in [0.25, 0.3) is 0 Å². The predicted octanol–water partition coefficient (Wildman–Crippen LogP) is 2.13. The lowest BCUT2D eigenvalue weighted by Gasteiger charge is -2.27. The maximum Gasteiger partial charge on any atom is 0.0685 e.